The minimum atomic E-state index is -0.0330. The van der Waals surface area contributed by atoms with Gasteiger partial charge in [-0.25, -0.2) is 0 Å². The highest BCUT2D eigenvalue weighted by Crippen LogP contribution is 2.32. The fourth-order valence-electron chi connectivity index (χ4n) is 11.0. The van der Waals surface area contributed by atoms with E-state index in [4.69, 9.17) is 18.9 Å². The molecule has 0 aromatic heterocycles. The van der Waals surface area contributed by atoms with E-state index in [9.17, 15) is 24.4 Å². The topological polar surface area (TPSA) is 194 Å². The molecule has 12 rings (SSSR count). The minimum Gasteiger partial charge on any atom is -0.594 e. The molecule has 81 heavy (non-hydrogen) atoms. The summed E-state index contributed by atoms with van der Waals surface area (Å²) in [6.07, 6.45) is 11.3. The average molecular weight is 1100 g/mol. The SMILES string of the molecule is O=C1C(N2CCOCC2)=CCCN1c1ccc(N=Nc2ccc(N3CCC=C(N4CCOCC4)C3=O)cc2)cc1.O=C1C(N2CCOCC2)=CCCN1c1ccc(N=[N+]([O-])c2ccc(N3CCC=C(N4CCOCC4)C3=O)cc2)cc1. The van der Waals surface area contributed by atoms with E-state index in [1.165, 1.54) is 0 Å². The van der Waals surface area contributed by atoms with E-state index < -0.39 is 0 Å². The molecule has 4 saturated heterocycles. The largest absolute Gasteiger partial charge is 0.594 e. The molecule has 4 fully saturated rings. The van der Waals surface area contributed by atoms with Crippen LogP contribution in [0.4, 0.5) is 45.5 Å². The molecule has 0 spiro atoms. The first kappa shape index (κ1) is 54.7. The van der Waals surface area contributed by atoms with E-state index >= 15 is 0 Å². The number of carbonyl (C=O) groups excluding carboxylic acids is 4. The summed E-state index contributed by atoms with van der Waals surface area (Å²) in [6.45, 7) is 13.4. The second-order valence-electron chi connectivity index (χ2n) is 20.4. The maximum absolute atomic E-state index is 13.2. The number of carbonyl (C=O) groups is 4. The number of hydrogen-bond donors (Lipinski definition) is 0. The van der Waals surface area contributed by atoms with Crippen molar-refractivity contribution in [1.29, 1.82) is 0 Å². The molecule has 4 aromatic carbocycles. The molecule has 21 nitrogen and oxygen atoms in total. The Morgan fingerprint density at radius 3 is 0.852 bits per heavy atom. The van der Waals surface area contributed by atoms with Gasteiger partial charge in [0.25, 0.3) is 23.6 Å². The predicted octanol–water partition coefficient (Wildman–Crippen LogP) is 7.53. The average Bonchev–Trinajstić information content (AvgIpc) is 3.62. The van der Waals surface area contributed by atoms with Crippen molar-refractivity contribution in [2.75, 3.05) is 151 Å². The Labute approximate surface area is 471 Å². The monoisotopic (exact) mass is 1100 g/mol. The van der Waals surface area contributed by atoms with Crippen molar-refractivity contribution in [3.05, 3.63) is 149 Å². The Morgan fingerprint density at radius 2 is 0.580 bits per heavy atom. The standard InChI is InChI=1S/C30H34N6O5.C30H34N6O4/c37-29-27(32-15-19-40-20-16-32)3-1-13-34(29)24-7-5-23(6-8-24)31-36(39)26-11-9-25(10-12-26)35-14-2-4-28(30(35)38)33-17-21-41-22-18-33;37-29-27(33-15-19-39-20-16-33)3-1-13-35(29)25-9-5-23(6-10-25)31-32-24-7-11-26(12-8-24)36-14-2-4-28(30(36)38)34-17-21-40-22-18-34/h3-12H,1-2,13-22H2;3-12H,1-2,13-22H2. The first-order valence-electron chi connectivity index (χ1n) is 28.2. The molecule has 422 valence electrons. The van der Waals surface area contributed by atoms with Gasteiger partial charge in [-0.15, -0.1) is 0 Å². The van der Waals surface area contributed by atoms with Crippen molar-refractivity contribution in [3.8, 4) is 0 Å². The van der Waals surface area contributed by atoms with Gasteiger partial charge in [0.2, 0.25) is 5.69 Å². The zero-order valence-corrected chi connectivity index (χ0v) is 45.6. The van der Waals surface area contributed by atoms with E-state index in [1.54, 1.807) is 46.2 Å². The molecule has 4 amide bonds. The maximum Gasteiger partial charge on any atom is 0.274 e. The molecule has 4 aromatic rings. The van der Waals surface area contributed by atoms with Crippen molar-refractivity contribution in [2.24, 2.45) is 15.3 Å². The summed E-state index contributed by atoms with van der Waals surface area (Å²) in [7, 11) is 0. The normalized spacial score (nSPS) is 20.7. The van der Waals surface area contributed by atoms with Gasteiger partial charge in [-0.3, -0.25) is 19.2 Å². The van der Waals surface area contributed by atoms with E-state index in [-0.39, 0.29) is 23.6 Å². The Kier molecular flexibility index (Phi) is 17.5. The molecule has 0 unspecified atom stereocenters. The van der Waals surface area contributed by atoms with Crippen LogP contribution < -0.4 is 19.6 Å². The van der Waals surface area contributed by atoms with E-state index in [2.05, 4.69) is 34.9 Å². The minimum absolute atomic E-state index is 0.0203. The first-order valence-corrected chi connectivity index (χ1v) is 28.2. The summed E-state index contributed by atoms with van der Waals surface area (Å²) >= 11 is 0. The summed E-state index contributed by atoms with van der Waals surface area (Å²) in [5, 5.41) is 25.8. The van der Waals surface area contributed by atoms with Gasteiger partial charge < -0.3 is 63.4 Å². The van der Waals surface area contributed by atoms with Crippen molar-refractivity contribution in [3.63, 3.8) is 0 Å². The molecule has 0 radical (unpaired) electrons. The highest BCUT2D eigenvalue weighted by atomic mass is 16.5. The Balaban J connectivity index is 0.000000170. The van der Waals surface area contributed by atoms with Crippen molar-refractivity contribution < 1.29 is 43.0 Å². The second-order valence-corrected chi connectivity index (χ2v) is 20.4. The molecule has 8 aliphatic heterocycles. The van der Waals surface area contributed by atoms with Gasteiger partial charge in [-0.1, -0.05) is 29.2 Å². The van der Waals surface area contributed by atoms with E-state index in [0.29, 0.717) is 139 Å². The van der Waals surface area contributed by atoms with Crippen LogP contribution in [0.25, 0.3) is 0 Å². The molecule has 0 bridgehead atoms. The van der Waals surface area contributed by atoms with Gasteiger partial charge in [0.15, 0.2) is 0 Å². The van der Waals surface area contributed by atoms with Gasteiger partial charge in [0.05, 0.1) is 87.0 Å². The van der Waals surface area contributed by atoms with Gasteiger partial charge >= 0.3 is 0 Å². The third kappa shape index (κ3) is 12.9. The first-order chi connectivity index (χ1) is 39.8. The van der Waals surface area contributed by atoms with Crippen LogP contribution in [0.5, 0.6) is 0 Å². The number of morpholine rings is 4. The number of ether oxygens (including phenoxy) is 4. The molecule has 0 aliphatic carbocycles. The molecule has 8 heterocycles. The van der Waals surface area contributed by atoms with Crippen LogP contribution in [-0.2, 0) is 38.1 Å². The van der Waals surface area contributed by atoms with Crippen LogP contribution in [0.15, 0.2) is 159 Å². The molecule has 0 N–H and O–H groups in total. The molecule has 8 aliphatic rings. The van der Waals surface area contributed by atoms with Crippen LogP contribution >= 0.6 is 0 Å². The summed E-state index contributed by atoms with van der Waals surface area (Å²) in [5.74, 6) is 0.00671. The zero-order valence-electron chi connectivity index (χ0n) is 45.6. The van der Waals surface area contributed by atoms with Crippen LogP contribution in [0.2, 0.25) is 0 Å². The summed E-state index contributed by atoms with van der Waals surface area (Å²) in [5.41, 5.74) is 8.42. The van der Waals surface area contributed by atoms with Crippen LogP contribution in [-0.4, -0.2) is 179 Å². The van der Waals surface area contributed by atoms with Gasteiger partial charge in [-0.05, 0) is 111 Å². The maximum atomic E-state index is 13.2. The van der Waals surface area contributed by atoms with E-state index in [1.807, 2.05) is 94.8 Å². The Hall–Kier alpha value is -8.24. The van der Waals surface area contributed by atoms with Crippen molar-refractivity contribution >= 4 is 69.1 Å². The molecule has 0 atom stereocenters. The van der Waals surface area contributed by atoms with Gasteiger partial charge in [0, 0.05) is 119 Å². The second kappa shape index (κ2) is 25.9. The number of anilines is 4. The lowest BCUT2D eigenvalue weighted by Crippen LogP contribution is -2.45. The van der Waals surface area contributed by atoms with Crippen molar-refractivity contribution in [2.45, 2.75) is 25.7 Å². The van der Waals surface area contributed by atoms with E-state index in [0.717, 1.165) is 91.7 Å². The van der Waals surface area contributed by atoms with Gasteiger partial charge in [-0.2, -0.15) is 10.2 Å². The molecular formula is C60H68N12O9. The summed E-state index contributed by atoms with van der Waals surface area (Å²) < 4.78 is 21.7. The Morgan fingerprint density at radius 1 is 0.333 bits per heavy atom. The molecule has 21 heteroatoms. The van der Waals surface area contributed by atoms with Crippen LogP contribution in [0.1, 0.15) is 25.7 Å². The lowest BCUT2D eigenvalue weighted by Gasteiger charge is -2.35. The molecular weight excluding hydrogens is 1030 g/mol. The van der Waals surface area contributed by atoms with Crippen LogP contribution in [0.3, 0.4) is 0 Å². The number of azo groups is 2. The Bertz CT molecular complexity index is 2980. The van der Waals surface area contributed by atoms with Crippen molar-refractivity contribution in [1.82, 2.24) is 19.6 Å². The van der Waals surface area contributed by atoms with Crippen LogP contribution in [0, 0.1) is 5.21 Å². The lowest BCUT2D eigenvalue weighted by molar-refractivity contribution is -0.435. The smallest absolute Gasteiger partial charge is 0.274 e. The predicted molar refractivity (Wildman–Crippen MR) is 305 cm³/mol. The highest BCUT2D eigenvalue weighted by molar-refractivity contribution is 6.08. The number of amides is 4. The molecule has 0 saturated carbocycles. The fraction of sp³-hybridized carbons (Fsp3) is 0.400. The number of benzene rings is 4. The highest BCUT2D eigenvalue weighted by Gasteiger charge is 2.32. The summed E-state index contributed by atoms with van der Waals surface area (Å²) in [6, 6.07) is 29.2. The third-order valence-corrected chi connectivity index (χ3v) is 15.4. The number of nitrogens with zero attached hydrogens (tertiary/aromatic N) is 12. The lowest BCUT2D eigenvalue weighted by atomic mass is 10.1. The number of hydrogen-bond acceptors (Lipinski definition) is 16. The summed E-state index contributed by atoms with van der Waals surface area (Å²) in [4.78, 5) is 68.9. The zero-order chi connectivity index (χ0) is 55.5. The quantitative estimate of drug-likeness (QED) is 0.0769. The fourth-order valence-corrected chi connectivity index (χ4v) is 11.0. The third-order valence-electron chi connectivity index (χ3n) is 15.4. The number of rotatable bonds is 12. The van der Waals surface area contributed by atoms with Gasteiger partial charge in [0.1, 0.15) is 5.69 Å².